The average molecular weight is 358 g/mol. The number of carbonyl (C=O) groups excluding carboxylic acids is 1. The molecule has 1 atom stereocenters. The van der Waals surface area contributed by atoms with Crippen molar-refractivity contribution in [3.63, 3.8) is 0 Å². The van der Waals surface area contributed by atoms with Gasteiger partial charge in [0.2, 0.25) is 0 Å². The first kappa shape index (κ1) is 17.6. The number of likely N-dealkylation sites (tertiary alicyclic amines) is 1. The van der Waals surface area contributed by atoms with Gasteiger partial charge in [-0.1, -0.05) is 25.1 Å². The fourth-order valence-corrected chi connectivity index (χ4v) is 4.41. The lowest BCUT2D eigenvalue weighted by molar-refractivity contribution is 0.0379. The molecule has 2 fully saturated rings. The number of anilines is 1. The molecular formula is C20H30N4O2. The van der Waals surface area contributed by atoms with Crippen molar-refractivity contribution in [1.29, 1.82) is 0 Å². The first-order chi connectivity index (χ1) is 12.7. The molecule has 2 saturated heterocycles. The van der Waals surface area contributed by atoms with Crippen molar-refractivity contribution < 1.29 is 9.53 Å². The van der Waals surface area contributed by atoms with E-state index in [9.17, 15) is 4.79 Å². The van der Waals surface area contributed by atoms with Gasteiger partial charge in [0.15, 0.2) is 0 Å². The first-order valence-electron chi connectivity index (χ1n) is 9.99. The monoisotopic (exact) mass is 358 g/mol. The Hall–Kier alpha value is -1.79. The fourth-order valence-electron chi connectivity index (χ4n) is 4.41. The molecule has 1 N–H and O–H groups in total. The predicted molar refractivity (Wildman–Crippen MR) is 102 cm³/mol. The molecule has 0 radical (unpaired) electrons. The SMILES string of the molecule is CCN1CCN(C2CCN(C(=O)OC3CNc4ccccc43)CC2)CC1. The molecule has 6 nitrogen and oxygen atoms in total. The van der Waals surface area contributed by atoms with Gasteiger partial charge in [0, 0.05) is 56.6 Å². The van der Waals surface area contributed by atoms with Gasteiger partial charge >= 0.3 is 6.09 Å². The van der Waals surface area contributed by atoms with E-state index in [-0.39, 0.29) is 12.2 Å². The van der Waals surface area contributed by atoms with E-state index in [4.69, 9.17) is 4.74 Å². The highest BCUT2D eigenvalue weighted by atomic mass is 16.6. The molecular weight excluding hydrogens is 328 g/mol. The Bertz CT molecular complexity index is 622. The van der Waals surface area contributed by atoms with E-state index in [2.05, 4.69) is 22.0 Å². The number of nitrogens with one attached hydrogen (secondary N) is 1. The Morgan fingerprint density at radius 3 is 2.58 bits per heavy atom. The summed E-state index contributed by atoms with van der Waals surface area (Å²) in [7, 11) is 0. The average Bonchev–Trinajstić information content (AvgIpc) is 3.11. The number of hydrogen-bond acceptors (Lipinski definition) is 5. The summed E-state index contributed by atoms with van der Waals surface area (Å²) in [6, 6.07) is 8.69. The van der Waals surface area contributed by atoms with Gasteiger partial charge in [0.25, 0.3) is 0 Å². The lowest BCUT2D eigenvalue weighted by Gasteiger charge is -2.42. The van der Waals surface area contributed by atoms with Crippen LogP contribution in [0.4, 0.5) is 10.5 Å². The zero-order valence-corrected chi connectivity index (χ0v) is 15.7. The molecule has 0 aliphatic carbocycles. The summed E-state index contributed by atoms with van der Waals surface area (Å²) in [5.41, 5.74) is 2.17. The Labute approximate surface area is 156 Å². The van der Waals surface area contributed by atoms with E-state index in [0.29, 0.717) is 12.6 Å². The van der Waals surface area contributed by atoms with Crippen LogP contribution in [0.2, 0.25) is 0 Å². The van der Waals surface area contributed by atoms with Gasteiger partial charge in [-0.2, -0.15) is 0 Å². The standard InChI is InChI=1S/C20H30N4O2/c1-2-22-11-13-23(14-12-22)16-7-9-24(10-8-16)20(25)26-19-15-21-18-6-4-3-5-17(18)19/h3-6,16,19,21H,2,7-15H2,1H3. The van der Waals surface area contributed by atoms with Crippen LogP contribution in [0.1, 0.15) is 31.4 Å². The van der Waals surface area contributed by atoms with Crippen molar-refractivity contribution >= 4 is 11.8 Å². The van der Waals surface area contributed by atoms with Gasteiger partial charge in [-0.3, -0.25) is 4.90 Å². The van der Waals surface area contributed by atoms with Crippen LogP contribution in [0, 0.1) is 0 Å². The minimum absolute atomic E-state index is 0.164. The lowest BCUT2D eigenvalue weighted by atomic mass is 10.0. The molecule has 0 aromatic heterocycles. The highest BCUT2D eigenvalue weighted by Crippen LogP contribution is 2.32. The fraction of sp³-hybridized carbons (Fsp3) is 0.650. The maximum absolute atomic E-state index is 12.6. The zero-order chi connectivity index (χ0) is 17.9. The van der Waals surface area contributed by atoms with Crippen LogP contribution in [-0.4, -0.2) is 79.2 Å². The molecule has 3 aliphatic heterocycles. The van der Waals surface area contributed by atoms with E-state index in [0.717, 1.165) is 56.8 Å². The topological polar surface area (TPSA) is 48.0 Å². The van der Waals surface area contributed by atoms with Crippen molar-refractivity contribution in [2.75, 3.05) is 57.7 Å². The number of nitrogens with zero attached hydrogens (tertiary/aromatic N) is 3. The zero-order valence-electron chi connectivity index (χ0n) is 15.7. The molecule has 0 spiro atoms. The van der Waals surface area contributed by atoms with Crippen molar-refractivity contribution in [3.05, 3.63) is 29.8 Å². The van der Waals surface area contributed by atoms with Gasteiger partial charge < -0.3 is 19.9 Å². The van der Waals surface area contributed by atoms with Crippen molar-refractivity contribution in [1.82, 2.24) is 14.7 Å². The van der Waals surface area contributed by atoms with E-state index in [1.165, 1.54) is 13.1 Å². The van der Waals surface area contributed by atoms with Gasteiger partial charge in [0.1, 0.15) is 6.10 Å². The van der Waals surface area contributed by atoms with E-state index in [1.54, 1.807) is 0 Å². The maximum atomic E-state index is 12.6. The number of piperidine rings is 1. The molecule has 0 bridgehead atoms. The summed E-state index contributed by atoms with van der Waals surface area (Å²) in [5, 5.41) is 3.31. The molecule has 6 heteroatoms. The van der Waals surface area contributed by atoms with Crippen LogP contribution in [0.15, 0.2) is 24.3 Å². The Balaban J connectivity index is 1.25. The Morgan fingerprint density at radius 2 is 1.85 bits per heavy atom. The summed E-state index contributed by atoms with van der Waals surface area (Å²) < 4.78 is 5.79. The number of para-hydroxylation sites is 1. The van der Waals surface area contributed by atoms with Crippen LogP contribution in [0.25, 0.3) is 0 Å². The lowest BCUT2D eigenvalue weighted by Crippen LogP contribution is -2.53. The molecule has 0 saturated carbocycles. The number of piperazine rings is 1. The van der Waals surface area contributed by atoms with Crippen molar-refractivity contribution in [2.45, 2.75) is 31.9 Å². The molecule has 3 heterocycles. The first-order valence-corrected chi connectivity index (χ1v) is 9.99. The second kappa shape index (κ2) is 7.84. The number of carbonyl (C=O) groups is 1. The van der Waals surface area contributed by atoms with Crippen LogP contribution in [0.3, 0.4) is 0 Å². The Morgan fingerprint density at radius 1 is 1.12 bits per heavy atom. The molecule has 26 heavy (non-hydrogen) atoms. The van der Waals surface area contributed by atoms with Crippen molar-refractivity contribution in [2.24, 2.45) is 0 Å². The highest BCUT2D eigenvalue weighted by Gasteiger charge is 2.32. The largest absolute Gasteiger partial charge is 0.439 e. The van der Waals surface area contributed by atoms with Gasteiger partial charge in [-0.15, -0.1) is 0 Å². The quantitative estimate of drug-likeness (QED) is 0.899. The van der Waals surface area contributed by atoms with Crippen LogP contribution in [-0.2, 0) is 4.74 Å². The molecule has 1 aromatic rings. The third kappa shape index (κ3) is 3.67. The van der Waals surface area contributed by atoms with E-state index < -0.39 is 0 Å². The third-order valence-electron chi connectivity index (χ3n) is 6.12. The van der Waals surface area contributed by atoms with Gasteiger partial charge in [-0.05, 0) is 25.5 Å². The van der Waals surface area contributed by atoms with Crippen LogP contribution < -0.4 is 5.32 Å². The number of hydrogen-bond donors (Lipinski definition) is 1. The number of rotatable bonds is 3. The molecule has 1 unspecified atom stereocenters. The van der Waals surface area contributed by atoms with Crippen LogP contribution >= 0.6 is 0 Å². The number of amides is 1. The summed E-state index contributed by atoms with van der Waals surface area (Å²) in [5.74, 6) is 0. The molecule has 1 aromatic carbocycles. The number of benzene rings is 1. The summed E-state index contributed by atoms with van der Waals surface area (Å²) in [6.45, 7) is 10.3. The van der Waals surface area contributed by atoms with E-state index in [1.807, 2.05) is 29.2 Å². The normalized spacial score (nSPS) is 25.0. The number of likely N-dealkylation sites (N-methyl/N-ethyl adjacent to an activating group) is 1. The van der Waals surface area contributed by atoms with Gasteiger partial charge in [-0.25, -0.2) is 4.79 Å². The van der Waals surface area contributed by atoms with Gasteiger partial charge in [0.05, 0.1) is 6.54 Å². The number of ether oxygens (including phenoxy) is 1. The second-order valence-corrected chi connectivity index (χ2v) is 7.53. The van der Waals surface area contributed by atoms with Crippen LogP contribution in [0.5, 0.6) is 0 Å². The Kier molecular flexibility index (Phi) is 5.31. The smallest absolute Gasteiger partial charge is 0.410 e. The molecule has 4 rings (SSSR count). The predicted octanol–water partition coefficient (Wildman–Crippen LogP) is 2.39. The third-order valence-corrected chi connectivity index (χ3v) is 6.12. The summed E-state index contributed by atoms with van der Waals surface area (Å²) in [4.78, 5) is 19.6. The minimum atomic E-state index is -0.168. The maximum Gasteiger partial charge on any atom is 0.410 e. The highest BCUT2D eigenvalue weighted by molar-refractivity contribution is 5.69. The van der Waals surface area contributed by atoms with Crippen molar-refractivity contribution in [3.8, 4) is 0 Å². The molecule has 142 valence electrons. The summed E-state index contributed by atoms with van der Waals surface area (Å²) in [6.07, 6.45) is 1.78. The minimum Gasteiger partial charge on any atom is -0.439 e. The summed E-state index contributed by atoms with van der Waals surface area (Å²) >= 11 is 0. The molecule has 3 aliphatic rings. The second-order valence-electron chi connectivity index (χ2n) is 7.53. The molecule has 1 amide bonds. The van der Waals surface area contributed by atoms with E-state index >= 15 is 0 Å². The number of fused-ring (bicyclic) bond motifs is 1.